The van der Waals surface area contributed by atoms with E-state index in [2.05, 4.69) is 9.99 Å². The third kappa shape index (κ3) is 3.44. The third-order valence-corrected chi connectivity index (χ3v) is 2.39. The summed E-state index contributed by atoms with van der Waals surface area (Å²) in [5.74, 6) is 0.330. The fourth-order valence-electron chi connectivity index (χ4n) is 0.859. The highest BCUT2D eigenvalue weighted by Crippen LogP contribution is 2.05. The molecule has 0 aliphatic rings. The number of nitrogens with one attached hydrogen (secondary N) is 1. The molecule has 1 heterocycles. The topological polar surface area (TPSA) is 81.4 Å². The van der Waals surface area contributed by atoms with Crippen LogP contribution < -0.4 is 4.89 Å². The van der Waals surface area contributed by atoms with Gasteiger partial charge in [0, 0.05) is 6.07 Å². The van der Waals surface area contributed by atoms with Gasteiger partial charge in [0.25, 0.3) is 0 Å². The molecule has 1 aromatic rings. The normalized spacial score (nSPS) is 11.9. The van der Waals surface area contributed by atoms with Gasteiger partial charge >= 0.3 is 0 Å². The van der Waals surface area contributed by atoms with Gasteiger partial charge in [0.2, 0.25) is 10.0 Å². The quantitative estimate of drug-likeness (QED) is 0.724. The van der Waals surface area contributed by atoms with Crippen LogP contribution in [0.4, 0.5) is 0 Å². The van der Waals surface area contributed by atoms with Gasteiger partial charge in [-0.15, -0.1) is 0 Å². The molecular formula is C7H12N2O4S. The summed E-state index contributed by atoms with van der Waals surface area (Å²) in [5.41, 5.74) is 0.356. The Morgan fingerprint density at radius 1 is 1.64 bits per heavy atom. The summed E-state index contributed by atoms with van der Waals surface area (Å²) in [6.07, 6.45) is 0. The minimum absolute atomic E-state index is 0.246. The molecule has 0 fully saturated rings. The molecule has 6 nitrogen and oxygen atoms in total. The van der Waals surface area contributed by atoms with E-state index in [4.69, 9.17) is 4.52 Å². The van der Waals surface area contributed by atoms with Crippen LogP contribution in [0.15, 0.2) is 10.6 Å². The van der Waals surface area contributed by atoms with Gasteiger partial charge < -0.3 is 4.52 Å². The highest BCUT2D eigenvalue weighted by molar-refractivity contribution is 7.88. The highest BCUT2D eigenvalue weighted by Gasteiger charge is 2.14. The van der Waals surface area contributed by atoms with Crippen molar-refractivity contribution in [3.05, 3.63) is 17.5 Å². The molecule has 1 N–H and O–H groups in total. The Hall–Kier alpha value is -0.920. The monoisotopic (exact) mass is 220 g/mol. The third-order valence-electron chi connectivity index (χ3n) is 1.34. The van der Waals surface area contributed by atoms with Crippen molar-refractivity contribution < 1.29 is 17.8 Å². The number of sulfonamides is 1. The second-order valence-electron chi connectivity index (χ2n) is 2.70. The molecule has 1 rings (SSSR count). The molecule has 0 unspecified atom stereocenters. The molecule has 0 saturated heterocycles. The number of hydrogen-bond acceptors (Lipinski definition) is 5. The first-order valence-corrected chi connectivity index (χ1v) is 5.72. The molecule has 0 atom stereocenters. The van der Waals surface area contributed by atoms with E-state index >= 15 is 0 Å². The first-order valence-electron chi connectivity index (χ1n) is 4.07. The Balaban J connectivity index is 2.59. The summed E-state index contributed by atoms with van der Waals surface area (Å²) in [4.78, 5) is 6.54. The van der Waals surface area contributed by atoms with Crippen LogP contribution in [0.3, 0.4) is 0 Å². The van der Waals surface area contributed by atoms with E-state index < -0.39 is 10.0 Å². The van der Waals surface area contributed by atoms with Crippen molar-refractivity contribution in [1.29, 1.82) is 0 Å². The van der Waals surface area contributed by atoms with Crippen LogP contribution in [0.1, 0.15) is 18.4 Å². The molecule has 14 heavy (non-hydrogen) atoms. The number of aryl methyl sites for hydroxylation is 1. The lowest BCUT2D eigenvalue weighted by Crippen LogP contribution is -2.25. The molecule has 7 heteroatoms. The Morgan fingerprint density at radius 3 is 2.86 bits per heavy atom. The summed E-state index contributed by atoms with van der Waals surface area (Å²) in [6.45, 7) is 3.65. The lowest BCUT2D eigenvalue weighted by molar-refractivity contribution is 0.105. The molecular weight excluding hydrogens is 208 g/mol. The molecule has 0 aliphatic heterocycles. The fourth-order valence-corrected chi connectivity index (χ4v) is 1.74. The number of nitrogens with zero attached hydrogens (tertiary/aromatic N) is 1. The van der Waals surface area contributed by atoms with Gasteiger partial charge in [-0.05, 0) is 13.8 Å². The molecule has 0 radical (unpaired) electrons. The van der Waals surface area contributed by atoms with Gasteiger partial charge in [0.15, 0.2) is 0 Å². The number of rotatable bonds is 5. The average molecular weight is 220 g/mol. The van der Waals surface area contributed by atoms with Crippen LogP contribution in [0, 0.1) is 6.92 Å². The van der Waals surface area contributed by atoms with Crippen LogP contribution in [0.25, 0.3) is 0 Å². The summed E-state index contributed by atoms with van der Waals surface area (Å²) < 4.78 is 27.2. The first-order chi connectivity index (χ1) is 6.53. The Morgan fingerprint density at radius 2 is 2.36 bits per heavy atom. The van der Waals surface area contributed by atoms with Gasteiger partial charge in [0.05, 0.1) is 6.61 Å². The van der Waals surface area contributed by atoms with E-state index in [-0.39, 0.29) is 12.4 Å². The maximum absolute atomic E-state index is 11.3. The summed E-state index contributed by atoms with van der Waals surface area (Å²) in [6, 6.07) is 1.56. The largest absolute Gasteiger partial charge is 0.361 e. The maximum Gasteiger partial charge on any atom is 0.239 e. The molecule has 0 aromatic carbocycles. The van der Waals surface area contributed by atoms with Gasteiger partial charge in [0.1, 0.15) is 17.2 Å². The molecule has 0 amide bonds. The van der Waals surface area contributed by atoms with E-state index in [1.54, 1.807) is 19.9 Å². The number of hydrogen-bond donors (Lipinski definition) is 1. The van der Waals surface area contributed by atoms with Crippen LogP contribution >= 0.6 is 0 Å². The maximum atomic E-state index is 11.3. The zero-order valence-corrected chi connectivity index (χ0v) is 8.80. The molecule has 80 valence electrons. The van der Waals surface area contributed by atoms with Crippen LogP contribution in [-0.2, 0) is 20.6 Å². The standard InChI is InChI=1S/C7H12N2O4S/c1-3-12-9-14(10,11)5-7-4-6(2)13-8-7/h4,9H,3,5H2,1-2H3. The SMILES string of the molecule is CCONS(=O)(=O)Cc1cc(C)on1. The summed E-state index contributed by atoms with van der Waals surface area (Å²) in [5, 5.41) is 3.56. The smallest absolute Gasteiger partial charge is 0.239 e. The van der Waals surface area contributed by atoms with Gasteiger partial charge in [-0.2, -0.15) is 0 Å². The lowest BCUT2D eigenvalue weighted by Gasteiger charge is -2.02. The Bertz CT molecular complexity index is 384. The summed E-state index contributed by atoms with van der Waals surface area (Å²) in [7, 11) is -3.48. The minimum atomic E-state index is -3.48. The number of aromatic nitrogens is 1. The molecule has 0 aliphatic carbocycles. The molecule has 1 aromatic heterocycles. The Labute approximate surface area is 82.2 Å². The summed E-state index contributed by atoms with van der Waals surface area (Å²) >= 11 is 0. The zero-order valence-electron chi connectivity index (χ0n) is 7.98. The van der Waals surface area contributed by atoms with Gasteiger partial charge in [-0.3, -0.25) is 4.84 Å². The van der Waals surface area contributed by atoms with Crippen LogP contribution in [-0.4, -0.2) is 20.2 Å². The van der Waals surface area contributed by atoms with E-state index in [0.29, 0.717) is 11.5 Å². The van der Waals surface area contributed by atoms with Crippen molar-refractivity contribution in [2.24, 2.45) is 0 Å². The predicted molar refractivity (Wildman–Crippen MR) is 48.6 cm³/mol. The van der Waals surface area contributed by atoms with Crippen molar-refractivity contribution in [2.45, 2.75) is 19.6 Å². The van der Waals surface area contributed by atoms with Gasteiger partial charge in [-0.1, -0.05) is 10.0 Å². The molecule has 0 spiro atoms. The van der Waals surface area contributed by atoms with E-state index in [1.807, 2.05) is 4.89 Å². The van der Waals surface area contributed by atoms with Crippen LogP contribution in [0.2, 0.25) is 0 Å². The Kier molecular flexibility index (Phi) is 3.62. The van der Waals surface area contributed by atoms with E-state index in [1.165, 1.54) is 0 Å². The second-order valence-corrected chi connectivity index (χ2v) is 4.39. The molecule has 0 bridgehead atoms. The van der Waals surface area contributed by atoms with E-state index in [0.717, 1.165) is 0 Å². The van der Waals surface area contributed by atoms with E-state index in [9.17, 15) is 8.42 Å². The minimum Gasteiger partial charge on any atom is -0.361 e. The average Bonchev–Trinajstić information content (AvgIpc) is 2.47. The lowest BCUT2D eigenvalue weighted by atomic mass is 10.4. The van der Waals surface area contributed by atoms with Crippen LogP contribution in [0.5, 0.6) is 0 Å². The molecule has 0 saturated carbocycles. The van der Waals surface area contributed by atoms with Crippen molar-refractivity contribution in [3.8, 4) is 0 Å². The van der Waals surface area contributed by atoms with Gasteiger partial charge in [-0.25, -0.2) is 8.42 Å². The predicted octanol–water partition coefficient (Wildman–Crippen LogP) is 0.354. The fraction of sp³-hybridized carbons (Fsp3) is 0.571. The second kappa shape index (κ2) is 4.54. The van der Waals surface area contributed by atoms with Crippen molar-refractivity contribution in [3.63, 3.8) is 0 Å². The zero-order chi connectivity index (χ0) is 10.6. The van der Waals surface area contributed by atoms with Crippen molar-refractivity contribution in [2.75, 3.05) is 6.61 Å². The highest BCUT2D eigenvalue weighted by atomic mass is 32.2. The first kappa shape index (κ1) is 11.2. The van der Waals surface area contributed by atoms with Crippen molar-refractivity contribution >= 4 is 10.0 Å². The van der Waals surface area contributed by atoms with Crippen molar-refractivity contribution in [1.82, 2.24) is 10.0 Å².